The molecule has 0 aliphatic heterocycles. The van der Waals surface area contributed by atoms with Crippen LogP contribution < -0.4 is 5.32 Å². The van der Waals surface area contributed by atoms with Crippen molar-refractivity contribution in [2.45, 2.75) is 20.3 Å². The number of carbonyl (C=O) groups excluding carboxylic acids is 2. The molecule has 1 aromatic heterocycles. The number of amides is 1. The number of anilines is 1. The normalized spacial score (nSPS) is 10.6. The average Bonchev–Trinajstić information content (AvgIpc) is 3.01. The van der Waals surface area contributed by atoms with E-state index < -0.39 is 24.3 Å². The highest BCUT2D eigenvalue weighted by Crippen LogP contribution is 2.24. The molecular weight excluding hydrogens is 397 g/mol. The standard InChI is InChI=1S/C21H19ClFN3O3/c1-3-14-4-8-16(9-5-14)24-18(27)12-29-21(28)19-13(2)25-26(20(19)22)17-10-6-15(23)7-11-17/h4-11H,3,12H2,1-2H3,(H,24,27). The summed E-state index contributed by atoms with van der Waals surface area (Å²) < 4.78 is 19.5. The first-order valence-electron chi connectivity index (χ1n) is 8.96. The number of nitrogens with zero attached hydrogens (tertiary/aromatic N) is 2. The van der Waals surface area contributed by atoms with E-state index >= 15 is 0 Å². The highest BCUT2D eigenvalue weighted by Gasteiger charge is 2.23. The van der Waals surface area contributed by atoms with E-state index in [1.807, 2.05) is 19.1 Å². The maximum Gasteiger partial charge on any atom is 0.343 e. The van der Waals surface area contributed by atoms with Gasteiger partial charge in [0.1, 0.15) is 16.5 Å². The molecule has 1 heterocycles. The van der Waals surface area contributed by atoms with E-state index in [1.165, 1.54) is 28.9 Å². The third-order valence-electron chi connectivity index (χ3n) is 4.26. The van der Waals surface area contributed by atoms with Gasteiger partial charge in [-0.1, -0.05) is 30.7 Å². The summed E-state index contributed by atoms with van der Waals surface area (Å²) in [6.45, 7) is 3.17. The summed E-state index contributed by atoms with van der Waals surface area (Å²) in [4.78, 5) is 24.5. The summed E-state index contributed by atoms with van der Waals surface area (Å²) in [5.41, 5.74) is 2.64. The molecule has 0 radical (unpaired) electrons. The molecule has 6 nitrogen and oxygen atoms in total. The van der Waals surface area contributed by atoms with E-state index in [1.54, 1.807) is 19.1 Å². The van der Waals surface area contributed by atoms with Crippen LogP contribution in [0.15, 0.2) is 48.5 Å². The molecule has 3 rings (SSSR count). The summed E-state index contributed by atoms with van der Waals surface area (Å²) in [6.07, 6.45) is 0.900. The minimum Gasteiger partial charge on any atom is -0.452 e. The Hall–Kier alpha value is -3.19. The number of nitrogens with one attached hydrogen (secondary N) is 1. The number of hydrogen-bond donors (Lipinski definition) is 1. The molecule has 1 amide bonds. The van der Waals surface area contributed by atoms with Crippen LogP contribution in [-0.4, -0.2) is 28.3 Å². The molecule has 0 spiro atoms. The average molecular weight is 416 g/mol. The summed E-state index contributed by atoms with van der Waals surface area (Å²) >= 11 is 6.28. The van der Waals surface area contributed by atoms with Gasteiger partial charge < -0.3 is 10.1 Å². The van der Waals surface area contributed by atoms with Crippen LogP contribution in [0.1, 0.15) is 28.5 Å². The predicted octanol–water partition coefficient (Wildman–Crippen LogP) is 4.33. The number of carbonyl (C=O) groups is 2. The molecule has 0 saturated heterocycles. The summed E-state index contributed by atoms with van der Waals surface area (Å²) in [7, 11) is 0. The first-order valence-corrected chi connectivity index (χ1v) is 9.33. The van der Waals surface area contributed by atoms with Crippen LogP contribution in [0.4, 0.5) is 10.1 Å². The van der Waals surface area contributed by atoms with Crippen LogP contribution in [0, 0.1) is 12.7 Å². The lowest BCUT2D eigenvalue weighted by atomic mass is 10.1. The zero-order chi connectivity index (χ0) is 21.0. The van der Waals surface area contributed by atoms with E-state index in [0.717, 1.165) is 12.0 Å². The molecule has 29 heavy (non-hydrogen) atoms. The van der Waals surface area contributed by atoms with Crippen molar-refractivity contribution in [2.24, 2.45) is 0 Å². The summed E-state index contributed by atoms with van der Waals surface area (Å²) in [5, 5.41) is 6.89. The van der Waals surface area contributed by atoms with Gasteiger partial charge in [0.15, 0.2) is 6.61 Å². The second kappa shape index (κ2) is 8.87. The summed E-state index contributed by atoms with van der Waals surface area (Å²) in [6, 6.07) is 12.9. The van der Waals surface area contributed by atoms with Crippen LogP contribution in [0.5, 0.6) is 0 Å². The van der Waals surface area contributed by atoms with Gasteiger partial charge in [-0.15, -0.1) is 0 Å². The minimum absolute atomic E-state index is 0.0228. The van der Waals surface area contributed by atoms with Crippen molar-refractivity contribution in [3.8, 4) is 5.69 Å². The van der Waals surface area contributed by atoms with E-state index in [0.29, 0.717) is 17.1 Å². The Morgan fingerprint density at radius 1 is 1.14 bits per heavy atom. The molecule has 0 aliphatic rings. The molecule has 0 fully saturated rings. The first kappa shape index (κ1) is 20.5. The smallest absolute Gasteiger partial charge is 0.343 e. The van der Waals surface area contributed by atoms with Crippen LogP contribution in [0.3, 0.4) is 0 Å². The number of aryl methyl sites for hydroxylation is 2. The Bertz CT molecular complexity index is 1030. The van der Waals surface area contributed by atoms with Gasteiger partial charge in [-0.2, -0.15) is 5.10 Å². The van der Waals surface area contributed by atoms with Gasteiger partial charge in [-0.3, -0.25) is 4.79 Å². The van der Waals surface area contributed by atoms with Crippen molar-refractivity contribution in [3.05, 3.63) is 76.3 Å². The van der Waals surface area contributed by atoms with Crippen LogP contribution >= 0.6 is 11.6 Å². The Morgan fingerprint density at radius 2 is 1.79 bits per heavy atom. The molecule has 1 N–H and O–H groups in total. The number of hydrogen-bond acceptors (Lipinski definition) is 4. The zero-order valence-corrected chi connectivity index (χ0v) is 16.7. The van der Waals surface area contributed by atoms with Crippen molar-refractivity contribution in [1.29, 1.82) is 0 Å². The van der Waals surface area contributed by atoms with Gasteiger partial charge >= 0.3 is 5.97 Å². The quantitative estimate of drug-likeness (QED) is 0.608. The molecule has 0 aliphatic carbocycles. The minimum atomic E-state index is -0.766. The van der Waals surface area contributed by atoms with E-state index in [9.17, 15) is 14.0 Å². The number of halogens is 2. The van der Waals surface area contributed by atoms with E-state index in [-0.39, 0.29) is 10.7 Å². The molecule has 0 bridgehead atoms. The third kappa shape index (κ3) is 4.81. The largest absolute Gasteiger partial charge is 0.452 e. The Kier molecular flexibility index (Phi) is 6.29. The number of aromatic nitrogens is 2. The topological polar surface area (TPSA) is 73.2 Å². The molecule has 3 aromatic rings. The van der Waals surface area contributed by atoms with Crippen LogP contribution in [-0.2, 0) is 16.0 Å². The predicted molar refractivity (Wildman–Crippen MR) is 108 cm³/mol. The lowest BCUT2D eigenvalue weighted by molar-refractivity contribution is -0.119. The fraction of sp³-hybridized carbons (Fsp3) is 0.190. The highest BCUT2D eigenvalue weighted by atomic mass is 35.5. The van der Waals surface area contributed by atoms with Gasteiger partial charge in [-0.25, -0.2) is 13.9 Å². The van der Waals surface area contributed by atoms with Crippen molar-refractivity contribution in [3.63, 3.8) is 0 Å². The second-order valence-electron chi connectivity index (χ2n) is 6.31. The molecule has 150 valence electrons. The fourth-order valence-electron chi connectivity index (χ4n) is 2.71. The van der Waals surface area contributed by atoms with E-state index in [4.69, 9.17) is 16.3 Å². The van der Waals surface area contributed by atoms with Gasteiger partial charge in [0.05, 0.1) is 11.4 Å². The molecule has 0 saturated carbocycles. The molecular formula is C21H19ClFN3O3. The zero-order valence-electron chi connectivity index (χ0n) is 15.9. The van der Waals surface area contributed by atoms with Gasteiger partial charge in [0, 0.05) is 5.69 Å². The van der Waals surface area contributed by atoms with E-state index in [2.05, 4.69) is 10.4 Å². The van der Waals surface area contributed by atoms with Crippen LogP contribution in [0.2, 0.25) is 5.15 Å². The van der Waals surface area contributed by atoms with Gasteiger partial charge in [0.25, 0.3) is 5.91 Å². The van der Waals surface area contributed by atoms with Crippen molar-refractivity contribution < 1.29 is 18.7 Å². The fourth-order valence-corrected chi connectivity index (χ4v) is 3.06. The SMILES string of the molecule is CCc1ccc(NC(=O)COC(=O)c2c(C)nn(-c3ccc(F)cc3)c2Cl)cc1. The number of ether oxygens (including phenoxy) is 1. The lowest BCUT2D eigenvalue weighted by Gasteiger charge is -2.07. The highest BCUT2D eigenvalue weighted by molar-refractivity contribution is 6.33. The Labute approximate surface area is 172 Å². The monoisotopic (exact) mass is 415 g/mol. The lowest BCUT2D eigenvalue weighted by Crippen LogP contribution is -2.21. The van der Waals surface area contributed by atoms with Crippen molar-refractivity contribution in [2.75, 3.05) is 11.9 Å². The van der Waals surface area contributed by atoms with Crippen molar-refractivity contribution in [1.82, 2.24) is 9.78 Å². The maximum atomic E-state index is 13.1. The number of esters is 1. The number of rotatable bonds is 6. The Morgan fingerprint density at radius 3 is 2.41 bits per heavy atom. The summed E-state index contributed by atoms with van der Waals surface area (Å²) in [5.74, 6) is -1.64. The molecule has 8 heteroatoms. The van der Waals surface area contributed by atoms with Gasteiger partial charge in [-0.05, 0) is 55.3 Å². The third-order valence-corrected chi connectivity index (χ3v) is 4.61. The second-order valence-corrected chi connectivity index (χ2v) is 6.67. The first-order chi connectivity index (χ1) is 13.9. The molecule has 2 aromatic carbocycles. The van der Waals surface area contributed by atoms with Gasteiger partial charge in [0.2, 0.25) is 0 Å². The van der Waals surface area contributed by atoms with Crippen molar-refractivity contribution >= 4 is 29.2 Å². The Balaban J connectivity index is 1.66. The number of benzene rings is 2. The maximum absolute atomic E-state index is 13.1. The molecule has 0 atom stereocenters. The van der Waals surface area contributed by atoms with Crippen LogP contribution in [0.25, 0.3) is 5.69 Å². The molecule has 0 unspecified atom stereocenters.